The van der Waals surface area contributed by atoms with E-state index in [0.29, 0.717) is 32.7 Å². The fourth-order valence-electron chi connectivity index (χ4n) is 6.34. The van der Waals surface area contributed by atoms with Crippen LogP contribution in [0.2, 0.25) is 0 Å². The Kier molecular flexibility index (Phi) is 6.40. The van der Waals surface area contributed by atoms with Crippen molar-refractivity contribution in [1.82, 2.24) is 4.90 Å². The molecule has 2 bridgehead atoms. The van der Waals surface area contributed by atoms with Crippen molar-refractivity contribution in [3.05, 3.63) is 0 Å². The zero-order chi connectivity index (χ0) is 22.2. The largest absolute Gasteiger partial charge is 0.458 e. The molecule has 0 amide bonds. The van der Waals surface area contributed by atoms with Crippen LogP contribution in [0.3, 0.4) is 0 Å². The average molecular weight is 452 g/mol. The van der Waals surface area contributed by atoms with Crippen LogP contribution in [0.1, 0.15) is 45.4 Å². The van der Waals surface area contributed by atoms with Crippen molar-refractivity contribution in [2.24, 2.45) is 23.7 Å². The first-order chi connectivity index (χ1) is 15.5. The number of carbonyl (C=O) groups excluding carboxylic acids is 3. The second-order valence-electron chi connectivity index (χ2n) is 9.76. The lowest BCUT2D eigenvalue weighted by Gasteiger charge is -2.32. The van der Waals surface area contributed by atoms with Gasteiger partial charge in [0.2, 0.25) is 0 Å². The zero-order valence-corrected chi connectivity index (χ0v) is 18.6. The van der Waals surface area contributed by atoms with E-state index in [1.165, 1.54) is 6.42 Å². The van der Waals surface area contributed by atoms with E-state index in [4.69, 9.17) is 23.7 Å². The minimum atomic E-state index is -0.666. The van der Waals surface area contributed by atoms with Gasteiger partial charge in [0.15, 0.2) is 6.29 Å². The first-order valence-corrected chi connectivity index (χ1v) is 12.1. The number of morpholine rings is 1. The number of nitrogens with zero attached hydrogens (tertiary/aromatic N) is 1. The van der Waals surface area contributed by atoms with Crippen molar-refractivity contribution >= 4 is 17.9 Å². The van der Waals surface area contributed by atoms with Gasteiger partial charge >= 0.3 is 17.9 Å². The molecular weight excluding hydrogens is 418 g/mol. The maximum atomic E-state index is 13.1. The number of hydrogen-bond donors (Lipinski definition) is 0. The van der Waals surface area contributed by atoms with Crippen LogP contribution in [0.5, 0.6) is 0 Å². The Morgan fingerprint density at radius 2 is 1.88 bits per heavy atom. The molecule has 0 aromatic heterocycles. The van der Waals surface area contributed by atoms with Crippen molar-refractivity contribution < 1.29 is 38.1 Å². The van der Waals surface area contributed by atoms with E-state index >= 15 is 0 Å². The van der Waals surface area contributed by atoms with Gasteiger partial charge in [-0.3, -0.25) is 19.3 Å². The molecule has 0 aromatic rings. The number of rotatable bonds is 7. The van der Waals surface area contributed by atoms with E-state index in [-0.39, 0.29) is 36.4 Å². The average Bonchev–Trinajstić information content (AvgIpc) is 3.39. The van der Waals surface area contributed by atoms with E-state index in [1.54, 1.807) is 6.92 Å². The number of ether oxygens (including phenoxy) is 5. The summed E-state index contributed by atoms with van der Waals surface area (Å²) >= 11 is 0. The molecule has 5 rings (SSSR count). The maximum absolute atomic E-state index is 13.1. The molecule has 32 heavy (non-hydrogen) atoms. The van der Waals surface area contributed by atoms with Gasteiger partial charge in [-0.15, -0.1) is 0 Å². The molecule has 2 saturated heterocycles. The van der Waals surface area contributed by atoms with Crippen LogP contribution in [-0.2, 0) is 38.1 Å². The quantitative estimate of drug-likeness (QED) is 0.322. The summed E-state index contributed by atoms with van der Waals surface area (Å²) in [4.78, 5) is 40.2. The van der Waals surface area contributed by atoms with E-state index in [0.717, 1.165) is 25.7 Å². The van der Waals surface area contributed by atoms with Crippen molar-refractivity contribution in [1.29, 1.82) is 0 Å². The third-order valence-electron chi connectivity index (χ3n) is 7.76. The third kappa shape index (κ3) is 4.26. The van der Waals surface area contributed by atoms with E-state index in [9.17, 15) is 14.4 Å². The molecule has 7 atom stereocenters. The molecule has 2 heterocycles. The molecule has 0 spiro atoms. The normalized spacial score (nSPS) is 37.8. The SMILES string of the molecule is CC(OC(=O)C1C2CC3C(OC(=O)C31)C2OC(=O)CN1CCOCC1)OC1CCCCC1. The van der Waals surface area contributed by atoms with Gasteiger partial charge in [0.25, 0.3) is 0 Å². The molecule has 9 heteroatoms. The first-order valence-electron chi connectivity index (χ1n) is 12.1. The fourth-order valence-corrected chi connectivity index (χ4v) is 6.34. The Morgan fingerprint density at radius 3 is 2.62 bits per heavy atom. The molecule has 9 nitrogen and oxygen atoms in total. The minimum Gasteiger partial charge on any atom is -0.458 e. The summed E-state index contributed by atoms with van der Waals surface area (Å²) in [7, 11) is 0. The van der Waals surface area contributed by atoms with Crippen LogP contribution in [0.15, 0.2) is 0 Å². The standard InChI is InChI=1S/C23H33NO8/c1-13(29-14-5-3-2-4-6-14)30-22(26)18-15-11-16-19(18)23(27)32-21(16)20(15)31-17(25)12-24-7-9-28-10-8-24/h13-16,18-21H,2-12H2,1H3. The number of carbonyl (C=O) groups is 3. The molecule has 5 fully saturated rings. The Labute approximate surface area is 188 Å². The lowest BCUT2D eigenvalue weighted by molar-refractivity contribution is -0.197. The molecule has 0 aromatic carbocycles. The molecule has 2 aliphatic heterocycles. The highest BCUT2D eigenvalue weighted by molar-refractivity contribution is 5.86. The number of fused-ring (bicyclic) bond motifs is 1. The van der Waals surface area contributed by atoms with Gasteiger partial charge in [-0.1, -0.05) is 19.3 Å². The highest BCUT2D eigenvalue weighted by atomic mass is 16.7. The highest BCUT2D eigenvalue weighted by Gasteiger charge is 2.70. The summed E-state index contributed by atoms with van der Waals surface area (Å²) < 4.78 is 28.2. The number of hydrogen-bond acceptors (Lipinski definition) is 9. The van der Waals surface area contributed by atoms with Crippen molar-refractivity contribution in [3.63, 3.8) is 0 Å². The predicted octanol–water partition coefficient (Wildman–Crippen LogP) is 1.28. The smallest absolute Gasteiger partial charge is 0.320 e. The summed E-state index contributed by atoms with van der Waals surface area (Å²) in [6.45, 7) is 4.45. The monoisotopic (exact) mass is 451 g/mol. The van der Waals surface area contributed by atoms with Crippen LogP contribution in [0.4, 0.5) is 0 Å². The van der Waals surface area contributed by atoms with Gasteiger partial charge < -0.3 is 23.7 Å². The van der Waals surface area contributed by atoms with E-state index in [1.807, 2.05) is 4.90 Å². The van der Waals surface area contributed by atoms with Gasteiger partial charge in [0.1, 0.15) is 12.2 Å². The van der Waals surface area contributed by atoms with Crippen LogP contribution >= 0.6 is 0 Å². The lowest BCUT2D eigenvalue weighted by atomic mass is 9.78. The van der Waals surface area contributed by atoms with Gasteiger partial charge in [0.05, 0.1) is 37.7 Å². The molecule has 7 unspecified atom stereocenters. The van der Waals surface area contributed by atoms with Gasteiger partial charge in [-0.05, 0) is 26.2 Å². The molecule has 5 aliphatic rings. The molecule has 0 radical (unpaired) electrons. The molecule has 3 aliphatic carbocycles. The maximum Gasteiger partial charge on any atom is 0.320 e. The number of esters is 3. The Hall–Kier alpha value is -1.71. The second kappa shape index (κ2) is 9.27. The summed E-state index contributed by atoms with van der Waals surface area (Å²) in [5, 5.41) is 0. The third-order valence-corrected chi connectivity index (χ3v) is 7.76. The van der Waals surface area contributed by atoms with Gasteiger partial charge in [0, 0.05) is 24.9 Å². The summed E-state index contributed by atoms with van der Waals surface area (Å²) in [5.41, 5.74) is 0. The first kappa shape index (κ1) is 22.1. The Balaban J connectivity index is 1.20. The van der Waals surface area contributed by atoms with Crippen LogP contribution in [0.25, 0.3) is 0 Å². The lowest BCUT2D eigenvalue weighted by Crippen LogP contribution is -2.46. The minimum absolute atomic E-state index is 0.0965. The Bertz CT molecular complexity index is 732. The molecule has 3 saturated carbocycles. The van der Waals surface area contributed by atoms with E-state index in [2.05, 4.69) is 0 Å². The predicted molar refractivity (Wildman–Crippen MR) is 109 cm³/mol. The van der Waals surface area contributed by atoms with Crippen LogP contribution in [-0.4, -0.2) is 80.3 Å². The van der Waals surface area contributed by atoms with E-state index < -0.39 is 36.3 Å². The summed E-state index contributed by atoms with van der Waals surface area (Å²) in [6, 6.07) is 0. The fraction of sp³-hybridized carbons (Fsp3) is 0.870. The van der Waals surface area contributed by atoms with Crippen molar-refractivity contribution in [2.75, 3.05) is 32.8 Å². The molecule has 178 valence electrons. The van der Waals surface area contributed by atoms with Crippen molar-refractivity contribution in [2.45, 2.75) is 70.1 Å². The zero-order valence-electron chi connectivity index (χ0n) is 18.6. The Morgan fingerprint density at radius 1 is 1.12 bits per heavy atom. The topological polar surface area (TPSA) is 101 Å². The van der Waals surface area contributed by atoms with Gasteiger partial charge in [-0.25, -0.2) is 0 Å². The van der Waals surface area contributed by atoms with Crippen molar-refractivity contribution in [3.8, 4) is 0 Å². The summed E-state index contributed by atoms with van der Waals surface area (Å²) in [5.74, 6) is -2.69. The second-order valence-corrected chi connectivity index (χ2v) is 9.76. The van der Waals surface area contributed by atoms with Gasteiger partial charge in [-0.2, -0.15) is 0 Å². The molecular formula is C23H33NO8. The van der Waals surface area contributed by atoms with Crippen LogP contribution < -0.4 is 0 Å². The molecule has 0 N–H and O–H groups in total. The van der Waals surface area contributed by atoms with Crippen LogP contribution in [0, 0.1) is 23.7 Å². The summed E-state index contributed by atoms with van der Waals surface area (Å²) in [6.07, 6.45) is 4.47. The highest BCUT2D eigenvalue weighted by Crippen LogP contribution is 2.59.